The normalized spacial score (nSPS) is 13.3. The van der Waals surface area contributed by atoms with Gasteiger partial charge in [0.2, 0.25) is 5.12 Å². The zero-order valence-corrected chi connectivity index (χ0v) is 17.3. The van der Waals surface area contributed by atoms with Crippen LogP contribution in [0.5, 0.6) is 0 Å². The number of Topliss-reactive ketones (excluding diaryl/α,β-unsaturated/α-hetero) is 1. The number of ether oxygens (including phenoxy) is 1. The number of rotatable bonds is 6. The Labute approximate surface area is 169 Å². The molecule has 2 aromatic rings. The predicted octanol–water partition coefficient (Wildman–Crippen LogP) is 4.78. The highest BCUT2D eigenvalue weighted by Gasteiger charge is 2.36. The number of hydrogen-bond acceptors (Lipinski definition) is 5. The lowest BCUT2D eigenvalue weighted by Crippen LogP contribution is -2.41. The van der Waals surface area contributed by atoms with Crippen molar-refractivity contribution in [3.05, 3.63) is 66.2 Å². The number of thioether (sulfide) groups is 1. The smallest absolute Gasteiger partial charge is 0.408 e. The number of hydrogen-bond donors (Lipinski definition) is 1. The predicted molar refractivity (Wildman–Crippen MR) is 110 cm³/mol. The summed E-state index contributed by atoms with van der Waals surface area (Å²) in [6.07, 6.45) is -0.676. The molecule has 0 aromatic heterocycles. The molecule has 1 unspecified atom stereocenters. The van der Waals surface area contributed by atoms with E-state index in [9.17, 15) is 14.4 Å². The fourth-order valence-corrected chi connectivity index (χ4v) is 3.61. The van der Waals surface area contributed by atoms with Gasteiger partial charge in [-0.05, 0) is 45.4 Å². The molecular formula is C22H25NO4S. The summed E-state index contributed by atoms with van der Waals surface area (Å²) in [6, 6.07) is 17.3. The molecule has 0 saturated heterocycles. The first-order chi connectivity index (χ1) is 13.2. The molecule has 2 rings (SSSR count). The van der Waals surface area contributed by atoms with Crippen molar-refractivity contribution in [1.82, 2.24) is 5.32 Å². The van der Waals surface area contributed by atoms with Crippen LogP contribution in [0.2, 0.25) is 0 Å². The zero-order chi connectivity index (χ0) is 20.7. The molecule has 0 fully saturated rings. The Morgan fingerprint density at radius 2 is 1.46 bits per heavy atom. The third-order valence-electron chi connectivity index (χ3n) is 3.82. The molecule has 0 saturated carbocycles. The van der Waals surface area contributed by atoms with E-state index < -0.39 is 23.7 Å². The van der Waals surface area contributed by atoms with E-state index in [1.165, 1.54) is 6.92 Å². The SMILES string of the molecule is CC(=O)C(C(=O)Sc1ccccc1)[C@H](NC(=O)OC(C)(C)C)c1ccccc1. The van der Waals surface area contributed by atoms with Gasteiger partial charge in [0.1, 0.15) is 17.3 Å². The minimum absolute atomic E-state index is 0.321. The van der Waals surface area contributed by atoms with Gasteiger partial charge in [0, 0.05) is 4.90 Å². The maximum Gasteiger partial charge on any atom is 0.408 e. The van der Waals surface area contributed by atoms with Crippen molar-refractivity contribution in [2.75, 3.05) is 0 Å². The van der Waals surface area contributed by atoms with Crippen LogP contribution in [0.4, 0.5) is 4.79 Å². The first kappa shape index (κ1) is 21.7. The van der Waals surface area contributed by atoms with Crippen LogP contribution in [0.25, 0.3) is 0 Å². The van der Waals surface area contributed by atoms with Crippen LogP contribution < -0.4 is 5.32 Å². The molecule has 0 aliphatic rings. The summed E-state index contributed by atoms with van der Waals surface area (Å²) >= 11 is 0.991. The third-order valence-corrected chi connectivity index (χ3v) is 4.78. The molecule has 5 nitrogen and oxygen atoms in total. The summed E-state index contributed by atoms with van der Waals surface area (Å²) in [5.41, 5.74) is -0.0320. The molecule has 0 spiro atoms. The fraction of sp³-hybridized carbons (Fsp3) is 0.318. The highest BCUT2D eigenvalue weighted by Crippen LogP contribution is 2.31. The van der Waals surface area contributed by atoms with E-state index in [4.69, 9.17) is 4.74 Å². The first-order valence-electron chi connectivity index (χ1n) is 8.99. The number of carbonyl (C=O) groups excluding carboxylic acids is 3. The minimum Gasteiger partial charge on any atom is -0.444 e. The minimum atomic E-state index is -1.04. The van der Waals surface area contributed by atoms with Crippen LogP contribution in [-0.4, -0.2) is 22.6 Å². The van der Waals surface area contributed by atoms with E-state index in [2.05, 4.69) is 5.32 Å². The van der Waals surface area contributed by atoms with Crippen molar-refractivity contribution in [2.24, 2.45) is 5.92 Å². The summed E-state index contributed by atoms with van der Waals surface area (Å²) in [7, 11) is 0. The average Bonchev–Trinajstić information content (AvgIpc) is 2.61. The van der Waals surface area contributed by atoms with Crippen LogP contribution in [0.15, 0.2) is 65.6 Å². The number of nitrogens with one attached hydrogen (secondary N) is 1. The molecule has 28 heavy (non-hydrogen) atoms. The maximum absolute atomic E-state index is 13.0. The Balaban J connectivity index is 2.32. The Morgan fingerprint density at radius 1 is 0.929 bits per heavy atom. The topological polar surface area (TPSA) is 72.5 Å². The fourth-order valence-electron chi connectivity index (χ4n) is 2.66. The average molecular weight is 400 g/mol. The number of alkyl carbamates (subject to hydrolysis) is 1. The summed E-state index contributed by atoms with van der Waals surface area (Å²) in [5.74, 6) is -1.36. The van der Waals surface area contributed by atoms with E-state index in [1.54, 1.807) is 57.2 Å². The standard InChI is InChI=1S/C22H25NO4S/c1-15(24)18(20(25)28-17-13-9-6-10-14-17)19(16-11-7-5-8-12-16)23-21(26)27-22(2,3)4/h5-14,18-19H,1-4H3,(H,23,26)/t18?,19-/m1/s1. The van der Waals surface area contributed by atoms with Crippen molar-refractivity contribution < 1.29 is 19.1 Å². The molecule has 0 bridgehead atoms. The quantitative estimate of drug-likeness (QED) is 0.559. The van der Waals surface area contributed by atoms with Crippen molar-refractivity contribution in [3.8, 4) is 0 Å². The third kappa shape index (κ3) is 6.53. The van der Waals surface area contributed by atoms with Crippen molar-refractivity contribution in [2.45, 2.75) is 44.2 Å². The lowest BCUT2D eigenvalue weighted by molar-refractivity contribution is -0.128. The number of ketones is 1. The van der Waals surface area contributed by atoms with E-state index in [0.717, 1.165) is 16.7 Å². The largest absolute Gasteiger partial charge is 0.444 e. The molecule has 0 aliphatic carbocycles. The molecule has 2 atom stereocenters. The second-order valence-electron chi connectivity index (χ2n) is 7.36. The van der Waals surface area contributed by atoms with Gasteiger partial charge >= 0.3 is 6.09 Å². The van der Waals surface area contributed by atoms with Crippen LogP contribution in [0.1, 0.15) is 39.3 Å². The summed E-state index contributed by atoms with van der Waals surface area (Å²) in [5, 5.41) is 2.39. The molecule has 148 valence electrons. The Kier molecular flexibility index (Phi) is 7.40. The molecule has 0 aliphatic heterocycles. The molecule has 2 aromatic carbocycles. The monoisotopic (exact) mass is 399 g/mol. The van der Waals surface area contributed by atoms with Gasteiger partial charge in [-0.1, -0.05) is 60.3 Å². The summed E-state index contributed by atoms with van der Waals surface area (Å²) < 4.78 is 5.34. The molecule has 6 heteroatoms. The van der Waals surface area contributed by atoms with Crippen molar-refractivity contribution in [1.29, 1.82) is 0 Å². The van der Waals surface area contributed by atoms with E-state index in [0.29, 0.717) is 5.56 Å². The molecule has 0 heterocycles. The second kappa shape index (κ2) is 9.55. The summed E-state index contributed by atoms with van der Waals surface area (Å²) in [6.45, 7) is 6.62. The zero-order valence-electron chi connectivity index (χ0n) is 16.5. The first-order valence-corrected chi connectivity index (χ1v) is 9.80. The maximum atomic E-state index is 13.0. The van der Waals surface area contributed by atoms with Gasteiger partial charge in [0.05, 0.1) is 6.04 Å². The lowest BCUT2D eigenvalue weighted by Gasteiger charge is -2.27. The number of amides is 1. The second-order valence-corrected chi connectivity index (χ2v) is 8.43. The lowest BCUT2D eigenvalue weighted by atomic mass is 9.91. The Bertz CT molecular complexity index is 815. The van der Waals surface area contributed by atoms with E-state index in [-0.39, 0.29) is 10.9 Å². The Morgan fingerprint density at radius 3 is 1.96 bits per heavy atom. The number of benzene rings is 2. The van der Waals surface area contributed by atoms with E-state index >= 15 is 0 Å². The Hall–Kier alpha value is -2.60. The van der Waals surface area contributed by atoms with Gasteiger partial charge in [-0.2, -0.15) is 0 Å². The molecule has 0 radical (unpaired) electrons. The van der Waals surface area contributed by atoms with Gasteiger partial charge in [0.15, 0.2) is 0 Å². The van der Waals surface area contributed by atoms with Gasteiger partial charge < -0.3 is 10.1 Å². The van der Waals surface area contributed by atoms with Crippen LogP contribution in [-0.2, 0) is 14.3 Å². The molecular weight excluding hydrogens is 374 g/mol. The van der Waals surface area contributed by atoms with Gasteiger partial charge in [0.25, 0.3) is 0 Å². The van der Waals surface area contributed by atoms with Gasteiger partial charge in [-0.3, -0.25) is 9.59 Å². The van der Waals surface area contributed by atoms with Crippen LogP contribution in [0, 0.1) is 5.92 Å². The van der Waals surface area contributed by atoms with E-state index in [1.807, 2.05) is 24.3 Å². The highest BCUT2D eigenvalue weighted by atomic mass is 32.2. The van der Waals surface area contributed by atoms with Crippen LogP contribution >= 0.6 is 11.8 Å². The van der Waals surface area contributed by atoms with Gasteiger partial charge in [-0.15, -0.1) is 0 Å². The molecule has 1 N–H and O–H groups in total. The molecule has 1 amide bonds. The summed E-state index contributed by atoms with van der Waals surface area (Å²) in [4.78, 5) is 38.5. The van der Waals surface area contributed by atoms with Crippen molar-refractivity contribution >= 4 is 28.8 Å². The number of carbonyl (C=O) groups is 3. The highest BCUT2D eigenvalue weighted by molar-refractivity contribution is 8.13. The van der Waals surface area contributed by atoms with Crippen LogP contribution in [0.3, 0.4) is 0 Å². The van der Waals surface area contributed by atoms with Crippen molar-refractivity contribution in [3.63, 3.8) is 0 Å². The van der Waals surface area contributed by atoms with Gasteiger partial charge in [-0.25, -0.2) is 4.79 Å².